The van der Waals surface area contributed by atoms with E-state index >= 15 is 0 Å². The Kier molecular flexibility index (Phi) is 7.29. The monoisotopic (exact) mass is 618 g/mol. The molecule has 3 heteroatoms. The maximum absolute atomic E-state index is 5.54. The fourth-order valence-corrected chi connectivity index (χ4v) is 8.36. The highest BCUT2D eigenvalue weighted by Crippen LogP contribution is 2.38. The summed E-state index contributed by atoms with van der Waals surface area (Å²) in [4.78, 5) is 5.54. The molecule has 0 spiro atoms. The summed E-state index contributed by atoms with van der Waals surface area (Å²) in [6, 6.07) is 46.7. The molecule has 0 aliphatic rings. The van der Waals surface area contributed by atoms with E-state index in [0.29, 0.717) is 0 Å². The molecule has 0 saturated carbocycles. The third kappa shape index (κ3) is 4.85. The van der Waals surface area contributed by atoms with Crippen LogP contribution >= 0.6 is 0 Å². The van der Waals surface area contributed by atoms with E-state index in [0.717, 1.165) is 28.1 Å². The van der Waals surface area contributed by atoms with E-state index in [1.807, 2.05) is 0 Å². The van der Waals surface area contributed by atoms with Gasteiger partial charge in [-0.1, -0.05) is 165 Å². The van der Waals surface area contributed by atoms with Gasteiger partial charge >= 0.3 is 0 Å². The van der Waals surface area contributed by atoms with Crippen molar-refractivity contribution in [2.75, 3.05) is 0 Å². The number of imidazole rings is 1. The number of hydrogen-bond donors (Lipinski definition) is 0. The van der Waals surface area contributed by atoms with E-state index in [-0.39, 0.29) is 6.71 Å². The molecule has 0 atom stereocenters. The predicted molar refractivity (Wildman–Crippen MR) is 207 cm³/mol. The molecule has 48 heavy (non-hydrogen) atoms. The Hall–Kier alpha value is -5.41. The molecule has 0 saturated heterocycles. The molecule has 8 aromatic rings. The van der Waals surface area contributed by atoms with Crippen LogP contribution in [0.4, 0.5) is 0 Å². The Morgan fingerprint density at radius 2 is 0.979 bits per heavy atom. The number of aryl methyl sites for hydroxylation is 6. The number of benzene rings is 7. The molecule has 0 aliphatic heterocycles. The molecule has 0 N–H and O–H groups in total. The summed E-state index contributed by atoms with van der Waals surface area (Å²) in [5.41, 5.74) is 16.4. The third-order valence-corrected chi connectivity index (χ3v) is 10.1. The molecule has 0 unspecified atom stereocenters. The van der Waals surface area contributed by atoms with E-state index in [2.05, 4.69) is 174 Å². The summed E-state index contributed by atoms with van der Waals surface area (Å²) in [5, 5.41) is 4.86. The molecular weight excluding hydrogens is 579 g/mol. The molecule has 0 bridgehead atoms. The zero-order valence-electron chi connectivity index (χ0n) is 28.6. The number of hydrogen-bond acceptors (Lipinski definition) is 1. The van der Waals surface area contributed by atoms with Crippen molar-refractivity contribution in [3.8, 4) is 17.1 Å². The molecule has 1 aromatic heterocycles. The quantitative estimate of drug-likeness (QED) is 0.139. The number of rotatable bonds is 5. The van der Waals surface area contributed by atoms with Crippen molar-refractivity contribution < 1.29 is 0 Å². The number of nitrogens with zero attached hydrogens (tertiary/aromatic N) is 2. The Balaban J connectivity index is 1.45. The Bertz CT molecular complexity index is 2420. The average Bonchev–Trinajstić information content (AvgIpc) is 3.49. The minimum absolute atomic E-state index is 0.0855. The first-order valence-electron chi connectivity index (χ1n) is 16.9. The van der Waals surface area contributed by atoms with Crippen LogP contribution in [0.15, 0.2) is 127 Å². The summed E-state index contributed by atoms with van der Waals surface area (Å²) in [5.74, 6) is 0.952. The lowest BCUT2D eigenvalue weighted by molar-refractivity contribution is 1.11. The van der Waals surface area contributed by atoms with Gasteiger partial charge in [0.25, 0.3) is 0 Å². The zero-order chi connectivity index (χ0) is 33.1. The Morgan fingerprint density at radius 3 is 1.56 bits per heavy atom. The highest BCUT2D eigenvalue weighted by atomic mass is 15.1. The van der Waals surface area contributed by atoms with Crippen LogP contribution in [0.5, 0.6) is 0 Å². The molecule has 0 amide bonds. The first-order chi connectivity index (χ1) is 23.3. The van der Waals surface area contributed by atoms with Crippen molar-refractivity contribution in [3.63, 3.8) is 0 Å². The Morgan fingerprint density at radius 1 is 0.479 bits per heavy atom. The van der Waals surface area contributed by atoms with Crippen LogP contribution < -0.4 is 16.4 Å². The van der Waals surface area contributed by atoms with Crippen LogP contribution in [-0.4, -0.2) is 16.3 Å². The standard InChI is InChI=1S/C45H39BN2/c1-28-23-30(3)41(31(4)24-28)46(42-32(5)25-29(2)26-33(42)6)35-16-14-15-34(27-35)45-47-43-39-21-12-10-19-37(39)38-20-11-13-22-40(38)44(43)48(45)36-17-8-7-9-18-36/h7-27H,1-6H3. The van der Waals surface area contributed by atoms with Crippen LogP contribution in [-0.2, 0) is 0 Å². The van der Waals surface area contributed by atoms with Gasteiger partial charge in [-0.25, -0.2) is 4.98 Å². The second-order valence-electron chi connectivity index (χ2n) is 13.6. The normalized spacial score (nSPS) is 11.5. The highest BCUT2D eigenvalue weighted by molar-refractivity contribution is 6.96. The smallest absolute Gasteiger partial charge is 0.242 e. The van der Waals surface area contributed by atoms with Gasteiger partial charge in [-0.3, -0.25) is 4.57 Å². The van der Waals surface area contributed by atoms with Crippen molar-refractivity contribution >= 4 is 55.7 Å². The van der Waals surface area contributed by atoms with Gasteiger partial charge in [-0.2, -0.15) is 0 Å². The summed E-state index contributed by atoms with van der Waals surface area (Å²) in [6.07, 6.45) is 0. The molecule has 1 heterocycles. The number of para-hydroxylation sites is 1. The molecule has 7 aromatic carbocycles. The molecule has 0 fully saturated rings. The van der Waals surface area contributed by atoms with Crippen molar-refractivity contribution in [2.45, 2.75) is 41.5 Å². The number of aromatic nitrogens is 2. The van der Waals surface area contributed by atoms with Crippen LogP contribution in [0, 0.1) is 41.5 Å². The molecule has 8 rings (SSSR count). The van der Waals surface area contributed by atoms with Gasteiger partial charge < -0.3 is 0 Å². The lowest BCUT2D eigenvalue weighted by atomic mass is 9.34. The minimum Gasteiger partial charge on any atom is -0.292 e. The first-order valence-corrected chi connectivity index (χ1v) is 16.9. The minimum atomic E-state index is 0.0855. The van der Waals surface area contributed by atoms with Gasteiger partial charge in [0, 0.05) is 22.0 Å². The van der Waals surface area contributed by atoms with Crippen molar-refractivity contribution in [1.29, 1.82) is 0 Å². The second kappa shape index (κ2) is 11.7. The lowest BCUT2D eigenvalue weighted by Gasteiger charge is -2.25. The molecule has 0 aliphatic carbocycles. The van der Waals surface area contributed by atoms with Gasteiger partial charge in [-0.15, -0.1) is 0 Å². The molecule has 232 valence electrons. The van der Waals surface area contributed by atoms with Crippen LogP contribution in [0.3, 0.4) is 0 Å². The molecule has 0 radical (unpaired) electrons. The van der Waals surface area contributed by atoms with Crippen LogP contribution in [0.1, 0.15) is 33.4 Å². The fraction of sp³-hybridized carbons (Fsp3) is 0.133. The maximum atomic E-state index is 5.54. The van der Waals surface area contributed by atoms with E-state index in [4.69, 9.17) is 4.98 Å². The van der Waals surface area contributed by atoms with Crippen molar-refractivity contribution in [1.82, 2.24) is 9.55 Å². The van der Waals surface area contributed by atoms with Crippen LogP contribution in [0.2, 0.25) is 0 Å². The maximum Gasteiger partial charge on any atom is 0.242 e. The highest BCUT2D eigenvalue weighted by Gasteiger charge is 2.29. The SMILES string of the molecule is Cc1cc(C)c(B(c2cccc(-c3nc4c5ccccc5c5ccccc5c4n3-c3ccccc3)c2)c2c(C)cc(C)cc2C)c(C)c1. The first kappa shape index (κ1) is 30.0. The van der Waals surface area contributed by atoms with Gasteiger partial charge in [0.15, 0.2) is 0 Å². The summed E-state index contributed by atoms with van der Waals surface area (Å²) >= 11 is 0. The van der Waals surface area contributed by atoms with E-state index in [9.17, 15) is 0 Å². The summed E-state index contributed by atoms with van der Waals surface area (Å²) < 4.78 is 2.38. The van der Waals surface area contributed by atoms with E-state index < -0.39 is 0 Å². The predicted octanol–water partition coefficient (Wildman–Crippen LogP) is 9.37. The molecular formula is C45H39BN2. The van der Waals surface area contributed by atoms with Gasteiger partial charge in [0.1, 0.15) is 5.82 Å². The molecule has 2 nitrogen and oxygen atoms in total. The van der Waals surface area contributed by atoms with Gasteiger partial charge in [0.05, 0.1) is 11.0 Å². The average molecular weight is 619 g/mol. The van der Waals surface area contributed by atoms with Crippen LogP contribution in [0.25, 0.3) is 49.7 Å². The second-order valence-corrected chi connectivity index (χ2v) is 13.6. The van der Waals surface area contributed by atoms with Gasteiger partial charge in [-0.05, 0) is 64.4 Å². The summed E-state index contributed by atoms with van der Waals surface area (Å²) in [6.45, 7) is 13.6. The third-order valence-electron chi connectivity index (χ3n) is 10.1. The Labute approximate surface area is 283 Å². The van der Waals surface area contributed by atoms with E-state index in [1.54, 1.807) is 0 Å². The number of fused-ring (bicyclic) bond motifs is 6. The van der Waals surface area contributed by atoms with Crippen molar-refractivity contribution in [3.05, 3.63) is 161 Å². The zero-order valence-corrected chi connectivity index (χ0v) is 28.6. The van der Waals surface area contributed by atoms with E-state index in [1.165, 1.54) is 71.3 Å². The topological polar surface area (TPSA) is 17.8 Å². The largest absolute Gasteiger partial charge is 0.292 e. The lowest BCUT2D eigenvalue weighted by Crippen LogP contribution is -2.55. The fourth-order valence-electron chi connectivity index (χ4n) is 8.36. The summed E-state index contributed by atoms with van der Waals surface area (Å²) in [7, 11) is 0. The van der Waals surface area contributed by atoms with Crippen molar-refractivity contribution in [2.24, 2.45) is 0 Å². The van der Waals surface area contributed by atoms with Gasteiger partial charge in [0.2, 0.25) is 6.71 Å².